The highest BCUT2D eigenvalue weighted by Crippen LogP contribution is 2.40. The van der Waals surface area contributed by atoms with Gasteiger partial charge in [-0.3, -0.25) is 0 Å². The van der Waals surface area contributed by atoms with Crippen LogP contribution in [0.5, 0.6) is 0 Å². The van der Waals surface area contributed by atoms with Crippen molar-refractivity contribution in [3.63, 3.8) is 0 Å². The second-order valence-electron chi connectivity index (χ2n) is 13.7. The molecule has 0 aliphatic rings. The van der Waals surface area contributed by atoms with Crippen LogP contribution in [0.25, 0.3) is 95.0 Å². The van der Waals surface area contributed by atoms with E-state index in [0.29, 0.717) is 17.5 Å². The molecule has 10 rings (SSSR count). The molecule has 8 aromatic carbocycles. The molecule has 4 heteroatoms. The maximum atomic E-state index is 5.22. The van der Waals surface area contributed by atoms with E-state index in [0.717, 1.165) is 60.9 Å². The fourth-order valence-electron chi connectivity index (χ4n) is 7.60. The fourth-order valence-corrected chi connectivity index (χ4v) is 7.60. The maximum Gasteiger partial charge on any atom is 0.164 e. The lowest BCUT2D eigenvalue weighted by Crippen LogP contribution is -2.00. The molecule has 10 aromatic rings. The molecule has 4 nitrogen and oxygen atoms in total. The van der Waals surface area contributed by atoms with Crippen molar-refractivity contribution in [3.8, 4) is 73.2 Å². The minimum Gasteiger partial charge on any atom is -0.309 e. The van der Waals surface area contributed by atoms with Gasteiger partial charge in [0.15, 0.2) is 17.5 Å². The summed E-state index contributed by atoms with van der Waals surface area (Å²) in [6.45, 7) is 0. The van der Waals surface area contributed by atoms with E-state index in [1.165, 1.54) is 16.7 Å². The molecule has 0 bridgehead atoms. The molecule has 0 spiro atoms. The number of para-hydroxylation sites is 1. The lowest BCUT2D eigenvalue weighted by molar-refractivity contribution is 1.08. The van der Waals surface area contributed by atoms with Crippen LogP contribution in [-0.2, 0) is 0 Å². The molecule has 0 atom stereocenters. The second-order valence-corrected chi connectivity index (χ2v) is 13.7. The monoisotopic (exact) mass is 702 g/mol. The van der Waals surface area contributed by atoms with Gasteiger partial charge in [-0.25, -0.2) is 15.0 Å². The van der Waals surface area contributed by atoms with Crippen LogP contribution in [0, 0.1) is 0 Å². The van der Waals surface area contributed by atoms with Crippen LogP contribution in [0.2, 0.25) is 0 Å². The summed E-state index contributed by atoms with van der Waals surface area (Å²) in [7, 11) is 0. The van der Waals surface area contributed by atoms with Gasteiger partial charge in [0.25, 0.3) is 0 Å². The summed E-state index contributed by atoms with van der Waals surface area (Å²) in [6, 6.07) is 72.3. The summed E-state index contributed by atoms with van der Waals surface area (Å²) in [4.78, 5) is 15.4. The predicted octanol–water partition coefficient (Wildman–Crippen LogP) is 13.0. The van der Waals surface area contributed by atoms with Crippen molar-refractivity contribution in [2.45, 2.75) is 0 Å². The van der Waals surface area contributed by atoms with Crippen molar-refractivity contribution < 1.29 is 0 Å². The third kappa shape index (κ3) is 6.06. The molecule has 0 amide bonds. The molecular weight excluding hydrogens is 669 g/mol. The van der Waals surface area contributed by atoms with Crippen molar-refractivity contribution in [1.29, 1.82) is 0 Å². The van der Waals surface area contributed by atoms with Gasteiger partial charge in [-0.15, -0.1) is 0 Å². The zero-order valence-electron chi connectivity index (χ0n) is 29.9. The molecule has 0 fully saturated rings. The van der Waals surface area contributed by atoms with E-state index in [2.05, 4.69) is 187 Å². The lowest BCUT2D eigenvalue weighted by Gasteiger charge is -2.14. The van der Waals surface area contributed by atoms with E-state index in [-0.39, 0.29) is 0 Å². The van der Waals surface area contributed by atoms with E-state index in [9.17, 15) is 0 Å². The first-order valence-corrected chi connectivity index (χ1v) is 18.5. The van der Waals surface area contributed by atoms with Gasteiger partial charge in [-0.2, -0.15) is 0 Å². The third-order valence-corrected chi connectivity index (χ3v) is 10.2. The van der Waals surface area contributed by atoms with Crippen LogP contribution in [0.1, 0.15) is 0 Å². The average Bonchev–Trinajstić information content (AvgIpc) is 3.62. The summed E-state index contributed by atoms with van der Waals surface area (Å²) >= 11 is 0. The Hall–Kier alpha value is -7.43. The number of benzene rings is 8. The predicted molar refractivity (Wildman–Crippen MR) is 227 cm³/mol. The Morgan fingerprint density at radius 1 is 0.291 bits per heavy atom. The SMILES string of the molecule is c1ccc(-c2ccc(-c3nc(-c4ccccc4)nc(-c4cccc5c4c4ccccc4n5-c4cc(-c5ccccc5)cc(-c5ccccc5)c4)n3)cc2)cc1. The Labute approximate surface area is 319 Å². The van der Waals surface area contributed by atoms with E-state index < -0.39 is 0 Å². The Morgan fingerprint density at radius 2 is 0.709 bits per heavy atom. The van der Waals surface area contributed by atoms with Crippen LogP contribution in [0.3, 0.4) is 0 Å². The third-order valence-electron chi connectivity index (χ3n) is 10.2. The van der Waals surface area contributed by atoms with Gasteiger partial charge in [0.2, 0.25) is 0 Å². The van der Waals surface area contributed by atoms with E-state index in [1.54, 1.807) is 0 Å². The summed E-state index contributed by atoms with van der Waals surface area (Å²) in [5, 5.41) is 2.23. The highest BCUT2D eigenvalue weighted by molar-refractivity contribution is 6.15. The van der Waals surface area contributed by atoms with Crippen molar-refractivity contribution >= 4 is 21.8 Å². The Balaban J connectivity index is 1.19. The van der Waals surface area contributed by atoms with Gasteiger partial charge in [0.1, 0.15) is 0 Å². The molecule has 0 radical (unpaired) electrons. The Kier molecular flexibility index (Phi) is 8.12. The normalized spacial score (nSPS) is 11.3. The second kappa shape index (κ2) is 13.8. The van der Waals surface area contributed by atoms with Gasteiger partial charge >= 0.3 is 0 Å². The minimum absolute atomic E-state index is 0.632. The van der Waals surface area contributed by atoms with Crippen LogP contribution in [-0.4, -0.2) is 19.5 Å². The first-order valence-electron chi connectivity index (χ1n) is 18.5. The Bertz CT molecular complexity index is 2880. The zero-order valence-corrected chi connectivity index (χ0v) is 29.9. The number of hydrogen-bond acceptors (Lipinski definition) is 3. The largest absolute Gasteiger partial charge is 0.309 e. The Morgan fingerprint density at radius 3 is 1.29 bits per heavy atom. The minimum atomic E-state index is 0.632. The molecule has 55 heavy (non-hydrogen) atoms. The smallest absolute Gasteiger partial charge is 0.164 e. The average molecular weight is 703 g/mol. The molecule has 0 aliphatic heterocycles. The van der Waals surface area contributed by atoms with Crippen molar-refractivity contribution in [3.05, 3.63) is 206 Å². The van der Waals surface area contributed by atoms with Gasteiger partial charge < -0.3 is 4.57 Å². The first-order chi connectivity index (χ1) is 27.3. The van der Waals surface area contributed by atoms with Gasteiger partial charge in [-0.05, 0) is 63.7 Å². The number of aromatic nitrogens is 4. The van der Waals surface area contributed by atoms with E-state index >= 15 is 0 Å². The van der Waals surface area contributed by atoms with Crippen LogP contribution >= 0.6 is 0 Å². The van der Waals surface area contributed by atoms with Crippen LogP contribution < -0.4 is 0 Å². The molecule has 2 aromatic heterocycles. The molecule has 2 heterocycles. The van der Waals surface area contributed by atoms with Crippen molar-refractivity contribution in [2.75, 3.05) is 0 Å². The van der Waals surface area contributed by atoms with Gasteiger partial charge in [-0.1, -0.05) is 176 Å². The molecule has 258 valence electrons. The van der Waals surface area contributed by atoms with Crippen molar-refractivity contribution in [2.24, 2.45) is 0 Å². The number of rotatable bonds is 7. The standard InChI is InChI=1S/C51H34N4/c1-5-16-35(17-6-1)38-28-30-40(31-29-38)50-52-49(39-22-11-4-12-23-39)53-51(54-50)45-25-15-27-47-48(45)44-24-13-14-26-46(44)55(47)43-33-41(36-18-7-2-8-19-36)32-42(34-43)37-20-9-3-10-21-37/h1-34H. The highest BCUT2D eigenvalue weighted by Gasteiger charge is 2.20. The maximum absolute atomic E-state index is 5.22. The topological polar surface area (TPSA) is 43.6 Å². The van der Waals surface area contributed by atoms with E-state index in [1.807, 2.05) is 24.3 Å². The zero-order chi connectivity index (χ0) is 36.6. The summed E-state index contributed by atoms with van der Waals surface area (Å²) in [6.07, 6.45) is 0. The molecule has 0 aliphatic carbocycles. The number of fused-ring (bicyclic) bond motifs is 3. The van der Waals surface area contributed by atoms with E-state index in [4.69, 9.17) is 15.0 Å². The quantitative estimate of drug-likeness (QED) is 0.166. The summed E-state index contributed by atoms with van der Waals surface area (Å²) < 4.78 is 2.38. The first kappa shape index (κ1) is 32.2. The molecule has 0 saturated heterocycles. The van der Waals surface area contributed by atoms with Crippen molar-refractivity contribution in [1.82, 2.24) is 19.5 Å². The molecule has 0 saturated carbocycles. The van der Waals surface area contributed by atoms with Crippen LogP contribution in [0.4, 0.5) is 0 Å². The molecular formula is C51H34N4. The molecule has 0 N–H and O–H groups in total. The van der Waals surface area contributed by atoms with Crippen LogP contribution in [0.15, 0.2) is 206 Å². The van der Waals surface area contributed by atoms with Gasteiger partial charge in [0, 0.05) is 33.2 Å². The fraction of sp³-hybridized carbons (Fsp3) is 0. The highest BCUT2D eigenvalue weighted by atomic mass is 15.0. The number of hydrogen-bond donors (Lipinski definition) is 0. The summed E-state index contributed by atoms with van der Waals surface area (Å²) in [5.41, 5.74) is 13.1. The summed E-state index contributed by atoms with van der Waals surface area (Å²) in [5.74, 6) is 1.90. The number of nitrogens with zero attached hydrogens (tertiary/aromatic N) is 4. The molecule has 0 unspecified atom stereocenters. The lowest BCUT2D eigenvalue weighted by atomic mass is 9.98. The van der Waals surface area contributed by atoms with Gasteiger partial charge in [0.05, 0.1) is 11.0 Å².